The molecule has 0 saturated heterocycles. The van der Waals surface area contributed by atoms with Gasteiger partial charge in [0.2, 0.25) is 0 Å². The van der Waals surface area contributed by atoms with E-state index in [9.17, 15) is 14.9 Å². The minimum atomic E-state index is -0.655. The number of non-ortho nitro benzene ring substituents is 1. The van der Waals surface area contributed by atoms with Crippen molar-refractivity contribution in [3.05, 3.63) is 40.1 Å². The molecule has 134 valence electrons. The number of carbonyl (C=O) groups excluding carboxylic acids is 1. The van der Waals surface area contributed by atoms with Crippen molar-refractivity contribution in [3.8, 4) is 11.8 Å². The average Bonchev–Trinajstić information content (AvgIpc) is 2.61. The van der Waals surface area contributed by atoms with Crippen LogP contribution >= 0.6 is 0 Å². The number of rotatable bonds is 10. The SMILES string of the molecule is COc1cc([N+](=O)[O-])ccc1NC(=O)/C(C#N)=C\NCCCCCO. The number of hydrogen-bond acceptors (Lipinski definition) is 7. The fraction of sp³-hybridized carbons (Fsp3) is 0.375. The van der Waals surface area contributed by atoms with Gasteiger partial charge in [-0.15, -0.1) is 0 Å². The quantitative estimate of drug-likeness (QED) is 0.192. The van der Waals surface area contributed by atoms with Crippen LogP contribution in [-0.2, 0) is 4.79 Å². The highest BCUT2D eigenvalue weighted by Crippen LogP contribution is 2.29. The lowest BCUT2D eigenvalue weighted by Crippen LogP contribution is -2.17. The number of hydrogen-bond donors (Lipinski definition) is 3. The summed E-state index contributed by atoms with van der Waals surface area (Å²) in [6.45, 7) is 0.706. The second kappa shape index (κ2) is 10.6. The summed E-state index contributed by atoms with van der Waals surface area (Å²) in [6.07, 6.45) is 3.65. The Morgan fingerprint density at radius 3 is 2.80 bits per heavy atom. The zero-order valence-corrected chi connectivity index (χ0v) is 13.8. The number of nitro groups is 1. The van der Waals surface area contributed by atoms with Gasteiger partial charge in [-0.1, -0.05) is 0 Å². The van der Waals surface area contributed by atoms with Crippen molar-refractivity contribution in [2.24, 2.45) is 0 Å². The molecule has 0 aliphatic rings. The Labute approximate surface area is 145 Å². The van der Waals surface area contributed by atoms with Gasteiger partial charge in [-0.3, -0.25) is 14.9 Å². The van der Waals surface area contributed by atoms with Crippen LogP contribution in [0.2, 0.25) is 0 Å². The highest BCUT2D eigenvalue weighted by molar-refractivity contribution is 6.07. The van der Waals surface area contributed by atoms with Gasteiger partial charge >= 0.3 is 0 Å². The first-order chi connectivity index (χ1) is 12.0. The number of aliphatic hydroxyl groups is 1. The largest absolute Gasteiger partial charge is 0.494 e. The van der Waals surface area contributed by atoms with E-state index in [2.05, 4.69) is 10.6 Å². The molecule has 0 fully saturated rings. The number of benzene rings is 1. The second-order valence-corrected chi connectivity index (χ2v) is 5.00. The molecule has 0 spiro atoms. The number of anilines is 1. The predicted octanol–water partition coefficient (Wildman–Crippen LogP) is 1.70. The van der Waals surface area contributed by atoms with Gasteiger partial charge in [0.15, 0.2) is 0 Å². The number of nitriles is 1. The summed E-state index contributed by atoms with van der Waals surface area (Å²) in [6, 6.07) is 5.54. The average molecular weight is 348 g/mol. The first kappa shape index (κ1) is 19.9. The molecular formula is C16H20N4O5. The van der Waals surface area contributed by atoms with Crippen LogP contribution in [0, 0.1) is 21.4 Å². The summed E-state index contributed by atoms with van der Waals surface area (Å²) in [5, 5.41) is 33.9. The van der Waals surface area contributed by atoms with E-state index in [0.717, 1.165) is 12.8 Å². The van der Waals surface area contributed by atoms with Gasteiger partial charge in [-0.2, -0.15) is 5.26 Å². The molecule has 0 aromatic heterocycles. The van der Waals surface area contributed by atoms with Crippen LogP contribution in [0.3, 0.4) is 0 Å². The lowest BCUT2D eigenvalue weighted by Gasteiger charge is -2.09. The van der Waals surface area contributed by atoms with Crippen molar-refractivity contribution >= 4 is 17.3 Å². The Hall–Kier alpha value is -3.12. The molecule has 0 bridgehead atoms. The molecule has 0 heterocycles. The molecule has 1 aromatic rings. The predicted molar refractivity (Wildman–Crippen MR) is 90.9 cm³/mol. The first-order valence-electron chi connectivity index (χ1n) is 7.61. The number of carbonyl (C=O) groups is 1. The summed E-state index contributed by atoms with van der Waals surface area (Å²) < 4.78 is 5.03. The van der Waals surface area contributed by atoms with Crippen molar-refractivity contribution in [2.75, 3.05) is 25.6 Å². The Morgan fingerprint density at radius 2 is 2.20 bits per heavy atom. The maximum absolute atomic E-state index is 12.1. The molecule has 25 heavy (non-hydrogen) atoms. The number of methoxy groups -OCH3 is 1. The van der Waals surface area contributed by atoms with Gasteiger partial charge in [0.1, 0.15) is 17.4 Å². The standard InChI is InChI=1S/C16H20N4O5/c1-25-15-9-13(20(23)24)5-6-14(15)19-16(22)12(10-17)11-18-7-3-2-4-8-21/h5-6,9,11,18,21H,2-4,7-8H2,1H3,(H,19,22)/b12-11-. The number of ether oxygens (including phenoxy) is 1. The molecule has 9 heteroatoms. The first-order valence-corrected chi connectivity index (χ1v) is 7.61. The fourth-order valence-corrected chi connectivity index (χ4v) is 1.92. The normalized spacial score (nSPS) is 10.7. The summed E-state index contributed by atoms with van der Waals surface area (Å²) in [5.41, 5.74) is -0.0831. The summed E-state index contributed by atoms with van der Waals surface area (Å²) in [7, 11) is 1.32. The number of nitrogens with one attached hydrogen (secondary N) is 2. The summed E-state index contributed by atoms with van der Waals surface area (Å²) in [5.74, 6) is -0.533. The molecule has 0 aliphatic carbocycles. The number of amides is 1. The third-order valence-corrected chi connectivity index (χ3v) is 3.23. The molecule has 3 N–H and O–H groups in total. The smallest absolute Gasteiger partial charge is 0.273 e. The molecule has 1 rings (SSSR count). The van der Waals surface area contributed by atoms with Crippen molar-refractivity contribution in [2.45, 2.75) is 19.3 Å². The van der Waals surface area contributed by atoms with E-state index in [4.69, 9.17) is 15.1 Å². The monoisotopic (exact) mass is 348 g/mol. The van der Waals surface area contributed by atoms with E-state index in [0.29, 0.717) is 13.0 Å². The number of aliphatic hydroxyl groups excluding tert-OH is 1. The van der Waals surface area contributed by atoms with Crippen LogP contribution in [-0.4, -0.2) is 36.2 Å². The lowest BCUT2D eigenvalue weighted by molar-refractivity contribution is -0.384. The van der Waals surface area contributed by atoms with Gasteiger partial charge in [0.05, 0.1) is 23.8 Å². The van der Waals surface area contributed by atoms with Gasteiger partial charge in [-0.25, -0.2) is 0 Å². The molecular weight excluding hydrogens is 328 g/mol. The van der Waals surface area contributed by atoms with Crippen LogP contribution in [0.15, 0.2) is 30.0 Å². The van der Waals surface area contributed by atoms with E-state index in [1.807, 2.05) is 0 Å². The van der Waals surface area contributed by atoms with Crippen LogP contribution < -0.4 is 15.4 Å². The van der Waals surface area contributed by atoms with Crippen molar-refractivity contribution < 1.29 is 19.6 Å². The third-order valence-electron chi connectivity index (χ3n) is 3.23. The Bertz CT molecular complexity index is 682. The van der Waals surface area contributed by atoms with Gasteiger partial charge in [-0.05, 0) is 25.3 Å². The van der Waals surface area contributed by atoms with E-state index < -0.39 is 10.8 Å². The van der Waals surface area contributed by atoms with Crippen molar-refractivity contribution in [1.29, 1.82) is 5.26 Å². The van der Waals surface area contributed by atoms with Crippen LogP contribution in [0.1, 0.15) is 19.3 Å². The van der Waals surface area contributed by atoms with Crippen LogP contribution in [0.4, 0.5) is 11.4 Å². The number of nitrogens with zero attached hydrogens (tertiary/aromatic N) is 2. The van der Waals surface area contributed by atoms with E-state index in [1.165, 1.54) is 31.5 Å². The van der Waals surface area contributed by atoms with Gasteiger partial charge < -0.3 is 20.5 Å². The van der Waals surface area contributed by atoms with E-state index in [1.54, 1.807) is 6.07 Å². The van der Waals surface area contributed by atoms with Gasteiger partial charge in [0.25, 0.3) is 11.6 Å². The Balaban J connectivity index is 2.72. The highest BCUT2D eigenvalue weighted by Gasteiger charge is 2.15. The fourth-order valence-electron chi connectivity index (χ4n) is 1.92. The Morgan fingerprint density at radius 1 is 1.44 bits per heavy atom. The topological polar surface area (TPSA) is 138 Å². The van der Waals surface area contributed by atoms with Crippen LogP contribution in [0.25, 0.3) is 0 Å². The highest BCUT2D eigenvalue weighted by atomic mass is 16.6. The maximum atomic E-state index is 12.1. The van der Waals surface area contributed by atoms with E-state index in [-0.39, 0.29) is 29.3 Å². The molecule has 0 aliphatic heterocycles. The molecule has 1 aromatic carbocycles. The summed E-state index contributed by atoms with van der Waals surface area (Å²) >= 11 is 0. The third kappa shape index (κ3) is 6.48. The van der Waals surface area contributed by atoms with Crippen molar-refractivity contribution in [1.82, 2.24) is 5.32 Å². The molecule has 1 amide bonds. The Kier molecular flexibility index (Phi) is 8.46. The minimum absolute atomic E-state index is 0.122. The van der Waals surface area contributed by atoms with E-state index >= 15 is 0 Å². The second-order valence-electron chi connectivity index (χ2n) is 5.00. The summed E-state index contributed by atoms with van der Waals surface area (Å²) in [4.78, 5) is 22.3. The molecule has 0 saturated carbocycles. The molecule has 0 radical (unpaired) electrons. The lowest BCUT2D eigenvalue weighted by atomic mass is 10.2. The molecule has 0 unspecified atom stereocenters. The van der Waals surface area contributed by atoms with Crippen molar-refractivity contribution in [3.63, 3.8) is 0 Å². The minimum Gasteiger partial charge on any atom is -0.494 e. The maximum Gasteiger partial charge on any atom is 0.273 e. The van der Waals surface area contributed by atoms with Gasteiger partial charge in [0, 0.05) is 25.4 Å². The zero-order chi connectivity index (χ0) is 18.7. The number of nitro benzene ring substituents is 1. The zero-order valence-electron chi connectivity index (χ0n) is 13.8. The number of unbranched alkanes of at least 4 members (excludes halogenated alkanes) is 2. The molecule has 9 nitrogen and oxygen atoms in total. The molecule has 0 atom stereocenters. The van der Waals surface area contributed by atoms with Crippen LogP contribution in [0.5, 0.6) is 5.75 Å².